The Morgan fingerprint density at radius 1 is 1.45 bits per heavy atom. The van der Waals surface area contributed by atoms with E-state index in [9.17, 15) is 13.2 Å². The van der Waals surface area contributed by atoms with Gasteiger partial charge in [0.05, 0.1) is 0 Å². The second-order valence-corrected chi connectivity index (χ2v) is 7.15. The van der Waals surface area contributed by atoms with Crippen molar-refractivity contribution in [2.45, 2.75) is 30.2 Å². The van der Waals surface area contributed by atoms with Crippen LogP contribution >= 0.6 is 0 Å². The molecule has 1 atom stereocenters. The van der Waals surface area contributed by atoms with Gasteiger partial charge >= 0.3 is 0 Å². The van der Waals surface area contributed by atoms with Crippen molar-refractivity contribution < 1.29 is 13.2 Å². The first-order chi connectivity index (χ1) is 10.6. The van der Waals surface area contributed by atoms with E-state index in [1.54, 1.807) is 18.3 Å². The summed E-state index contributed by atoms with van der Waals surface area (Å²) >= 11 is 0. The van der Waals surface area contributed by atoms with E-state index in [1.165, 1.54) is 17.5 Å². The van der Waals surface area contributed by atoms with E-state index >= 15 is 0 Å². The summed E-state index contributed by atoms with van der Waals surface area (Å²) < 4.78 is 27.3. The van der Waals surface area contributed by atoms with E-state index in [0.29, 0.717) is 24.0 Å². The lowest BCUT2D eigenvalue weighted by atomic mass is 10.0. The highest BCUT2D eigenvalue weighted by atomic mass is 32.2. The fourth-order valence-corrected chi connectivity index (χ4v) is 4.70. The Kier molecular flexibility index (Phi) is 3.88. The van der Waals surface area contributed by atoms with Crippen molar-refractivity contribution >= 4 is 27.0 Å². The molecule has 2 aromatic rings. The van der Waals surface area contributed by atoms with E-state index in [-0.39, 0.29) is 10.8 Å². The molecule has 0 aromatic carbocycles. The first-order valence-corrected chi connectivity index (χ1v) is 8.65. The second-order valence-electron chi connectivity index (χ2n) is 5.29. The van der Waals surface area contributed by atoms with Gasteiger partial charge < -0.3 is 10.3 Å². The number of nitrogens with one attached hydrogen (secondary N) is 2. The fourth-order valence-electron chi connectivity index (χ4n) is 2.89. The Morgan fingerprint density at radius 2 is 2.27 bits per heavy atom. The van der Waals surface area contributed by atoms with Gasteiger partial charge in [-0.3, -0.25) is 4.79 Å². The molecule has 7 nitrogen and oxygen atoms in total. The molecule has 0 saturated carbocycles. The number of sulfonamides is 1. The molecule has 8 heteroatoms. The molecule has 1 unspecified atom stereocenters. The molecule has 22 heavy (non-hydrogen) atoms. The maximum absolute atomic E-state index is 13.0. The third kappa shape index (κ3) is 2.38. The maximum atomic E-state index is 13.0. The summed E-state index contributed by atoms with van der Waals surface area (Å²) in [6, 6.07) is 2.76. The number of nitrogens with zero attached hydrogens (tertiary/aromatic N) is 2. The number of rotatable bonds is 3. The van der Waals surface area contributed by atoms with Gasteiger partial charge in [-0.15, -0.1) is 0 Å². The minimum absolute atomic E-state index is 0.173. The molecule has 0 aliphatic carbocycles. The van der Waals surface area contributed by atoms with Crippen molar-refractivity contribution in [3.8, 4) is 0 Å². The standard InChI is InChI=1S/C14H18N4O3S/c1-15-14(19)11-6-2-3-8-18(11)22(20,21)12-9-17-13-10(12)5-4-7-16-13/h4-5,7,9,11H,2-3,6,8H2,1H3,(H,15,19)(H,16,17). The molecular formula is C14H18N4O3S. The molecule has 118 valence electrons. The van der Waals surface area contributed by atoms with Gasteiger partial charge in [0.1, 0.15) is 16.6 Å². The average molecular weight is 322 g/mol. The summed E-state index contributed by atoms with van der Waals surface area (Å²) in [7, 11) is -2.22. The number of likely N-dealkylation sites (N-methyl/N-ethyl adjacent to an activating group) is 1. The Balaban J connectivity index is 2.06. The van der Waals surface area contributed by atoms with Gasteiger partial charge in [-0.05, 0) is 25.0 Å². The first-order valence-electron chi connectivity index (χ1n) is 7.21. The average Bonchev–Trinajstić information content (AvgIpc) is 2.99. The molecule has 1 fully saturated rings. The normalized spacial score (nSPS) is 20.1. The van der Waals surface area contributed by atoms with Gasteiger partial charge in [0, 0.05) is 31.4 Å². The molecule has 3 rings (SSSR count). The highest BCUT2D eigenvalue weighted by molar-refractivity contribution is 7.89. The SMILES string of the molecule is CNC(=O)C1CCCCN1S(=O)(=O)c1c[nH]c2ncccc12. The van der Waals surface area contributed by atoms with Crippen LogP contribution in [0.2, 0.25) is 0 Å². The van der Waals surface area contributed by atoms with Crippen LogP contribution in [0.15, 0.2) is 29.4 Å². The number of carbonyl (C=O) groups is 1. The van der Waals surface area contributed by atoms with Crippen LogP contribution in [0.1, 0.15) is 19.3 Å². The topological polar surface area (TPSA) is 95.2 Å². The number of hydrogen-bond acceptors (Lipinski definition) is 4. The molecule has 0 bridgehead atoms. The van der Waals surface area contributed by atoms with Crippen molar-refractivity contribution in [2.75, 3.05) is 13.6 Å². The highest BCUT2D eigenvalue weighted by Gasteiger charge is 2.38. The van der Waals surface area contributed by atoms with E-state index in [0.717, 1.165) is 12.8 Å². The minimum Gasteiger partial charge on any atom is -0.358 e. The van der Waals surface area contributed by atoms with Crippen molar-refractivity contribution in [3.05, 3.63) is 24.5 Å². The Hall–Kier alpha value is -1.93. The van der Waals surface area contributed by atoms with Gasteiger partial charge in [-0.2, -0.15) is 4.31 Å². The summed E-state index contributed by atoms with van der Waals surface area (Å²) in [6.45, 7) is 0.355. The Labute approximate surface area is 128 Å². The number of piperidine rings is 1. The largest absolute Gasteiger partial charge is 0.358 e. The number of hydrogen-bond donors (Lipinski definition) is 2. The molecule has 0 radical (unpaired) electrons. The van der Waals surface area contributed by atoms with Crippen LogP contribution in [-0.4, -0.2) is 48.2 Å². The van der Waals surface area contributed by atoms with Gasteiger partial charge in [0.15, 0.2) is 0 Å². The zero-order chi connectivity index (χ0) is 15.7. The molecule has 1 aliphatic heterocycles. The molecule has 3 heterocycles. The maximum Gasteiger partial charge on any atom is 0.245 e. The van der Waals surface area contributed by atoms with Gasteiger partial charge in [-0.25, -0.2) is 13.4 Å². The van der Waals surface area contributed by atoms with Crippen molar-refractivity contribution in [3.63, 3.8) is 0 Å². The summed E-state index contributed by atoms with van der Waals surface area (Å²) in [5, 5.41) is 3.10. The molecule has 0 spiro atoms. The number of amides is 1. The summed E-state index contributed by atoms with van der Waals surface area (Å²) in [5.41, 5.74) is 0.523. The summed E-state index contributed by atoms with van der Waals surface area (Å²) in [5.74, 6) is -0.263. The minimum atomic E-state index is -3.75. The van der Waals surface area contributed by atoms with Crippen LogP contribution in [0.25, 0.3) is 11.0 Å². The van der Waals surface area contributed by atoms with Crippen LogP contribution < -0.4 is 5.32 Å². The quantitative estimate of drug-likeness (QED) is 0.876. The highest BCUT2D eigenvalue weighted by Crippen LogP contribution is 2.29. The molecule has 1 saturated heterocycles. The third-order valence-electron chi connectivity index (χ3n) is 4.00. The van der Waals surface area contributed by atoms with Crippen LogP contribution in [-0.2, 0) is 14.8 Å². The predicted octanol–water partition coefficient (Wildman–Crippen LogP) is 0.852. The van der Waals surface area contributed by atoms with E-state index < -0.39 is 16.1 Å². The van der Waals surface area contributed by atoms with Crippen molar-refractivity contribution in [1.82, 2.24) is 19.6 Å². The predicted molar refractivity (Wildman–Crippen MR) is 81.7 cm³/mol. The zero-order valence-corrected chi connectivity index (χ0v) is 13.1. The zero-order valence-electron chi connectivity index (χ0n) is 12.2. The van der Waals surface area contributed by atoms with Crippen LogP contribution in [0.4, 0.5) is 0 Å². The smallest absolute Gasteiger partial charge is 0.245 e. The van der Waals surface area contributed by atoms with Crippen LogP contribution in [0.3, 0.4) is 0 Å². The molecule has 2 N–H and O–H groups in total. The lowest BCUT2D eigenvalue weighted by Gasteiger charge is -2.33. The van der Waals surface area contributed by atoms with Crippen molar-refractivity contribution in [2.24, 2.45) is 0 Å². The number of aromatic nitrogens is 2. The van der Waals surface area contributed by atoms with E-state index in [2.05, 4.69) is 15.3 Å². The third-order valence-corrected chi connectivity index (χ3v) is 5.95. The Morgan fingerprint density at radius 3 is 3.05 bits per heavy atom. The van der Waals surface area contributed by atoms with Gasteiger partial charge in [0.25, 0.3) is 0 Å². The van der Waals surface area contributed by atoms with E-state index in [4.69, 9.17) is 0 Å². The monoisotopic (exact) mass is 322 g/mol. The summed E-state index contributed by atoms with van der Waals surface area (Å²) in [6.07, 6.45) is 5.19. The molecule has 1 amide bonds. The number of carbonyl (C=O) groups excluding carboxylic acids is 1. The van der Waals surface area contributed by atoms with E-state index in [1.807, 2.05) is 0 Å². The Bertz CT molecular complexity index is 799. The number of pyridine rings is 1. The number of fused-ring (bicyclic) bond motifs is 1. The molecular weight excluding hydrogens is 304 g/mol. The lowest BCUT2D eigenvalue weighted by Crippen LogP contribution is -2.51. The van der Waals surface area contributed by atoms with Crippen LogP contribution in [0.5, 0.6) is 0 Å². The number of aromatic amines is 1. The van der Waals surface area contributed by atoms with Gasteiger partial charge in [-0.1, -0.05) is 6.42 Å². The molecule has 1 aliphatic rings. The molecule has 2 aromatic heterocycles. The lowest BCUT2D eigenvalue weighted by molar-refractivity contribution is -0.125. The summed E-state index contributed by atoms with van der Waals surface area (Å²) in [4.78, 5) is 19.2. The fraction of sp³-hybridized carbons (Fsp3) is 0.429. The second kappa shape index (κ2) is 5.69. The first kappa shape index (κ1) is 15.0. The van der Waals surface area contributed by atoms with Crippen molar-refractivity contribution in [1.29, 1.82) is 0 Å². The number of H-pyrrole nitrogens is 1. The van der Waals surface area contributed by atoms with Crippen LogP contribution in [0, 0.1) is 0 Å². The van der Waals surface area contributed by atoms with Gasteiger partial charge in [0.2, 0.25) is 15.9 Å².